The molecule has 0 saturated carbocycles. The minimum Gasteiger partial charge on any atom is -0.481 e. The van der Waals surface area contributed by atoms with Gasteiger partial charge in [-0.15, -0.1) is 0 Å². The largest absolute Gasteiger partial charge is 0.481 e. The molecule has 0 aromatic carbocycles. The number of aliphatic carboxylic acids is 1. The summed E-state index contributed by atoms with van der Waals surface area (Å²) in [6.07, 6.45) is -1.68. The Morgan fingerprint density at radius 2 is 1.10 bits per heavy atom. The quantitative estimate of drug-likeness (QED) is 0.636. The van der Waals surface area contributed by atoms with Gasteiger partial charge < -0.3 is 5.11 Å². The van der Waals surface area contributed by atoms with Crippen molar-refractivity contribution < 1.29 is 53.8 Å². The number of halogens is 10. The Hall–Kier alpha value is -1.27. The number of alkyl halides is 10. The van der Waals surface area contributed by atoms with Crippen LogP contribution in [0.25, 0.3) is 0 Å². The maximum atomic E-state index is 13.1. The molecule has 1 heterocycles. The number of carbonyl (C=O) groups is 1. The first-order valence-electron chi connectivity index (χ1n) is 4.93. The second-order valence-electron chi connectivity index (χ2n) is 4.10. The Morgan fingerprint density at radius 3 is 1.38 bits per heavy atom. The van der Waals surface area contributed by atoms with Crippen LogP contribution in [0.5, 0.6) is 0 Å². The molecule has 1 saturated heterocycles. The van der Waals surface area contributed by atoms with Gasteiger partial charge in [0.15, 0.2) is 0 Å². The molecule has 0 spiro atoms. The van der Waals surface area contributed by atoms with Crippen LogP contribution in [0.3, 0.4) is 0 Å². The van der Waals surface area contributed by atoms with Crippen molar-refractivity contribution in [3.63, 3.8) is 0 Å². The van der Waals surface area contributed by atoms with E-state index in [0.29, 0.717) is 0 Å². The van der Waals surface area contributed by atoms with Crippen molar-refractivity contribution in [3.8, 4) is 0 Å². The number of likely N-dealkylation sites (tertiary alicyclic amines) is 1. The zero-order chi connectivity index (χ0) is 17.1. The van der Waals surface area contributed by atoms with E-state index >= 15 is 0 Å². The molecule has 13 heteroatoms. The van der Waals surface area contributed by atoms with Crippen LogP contribution in [-0.2, 0) is 4.79 Å². The number of nitrogens with zero attached hydrogens (tertiary/aromatic N) is 1. The monoisotopic (exact) mass is 337 g/mol. The minimum absolute atomic E-state index is 1.68. The third-order valence-electron chi connectivity index (χ3n) is 2.77. The molecule has 1 fully saturated rings. The number of carboxylic acid groups (broad SMARTS) is 1. The van der Waals surface area contributed by atoms with E-state index in [-0.39, 0.29) is 0 Å². The van der Waals surface area contributed by atoms with E-state index in [1.807, 2.05) is 0 Å². The van der Waals surface area contributed by atoms with E-state index < -0.39 is 53.7 Å². The molecule has 0 amide bonds. The predicted octanol–water partition coefficient (Wildman–Crippen LogP) is 2.87. The van der Waals surface area contributed by atoms with Crippen LogP contribution in [-0.4, -0.2) is 52.4 Å². The Bertz CT molecular complexity index is 418. The first kappa shape index (κ1) is 17.8. The van der Waals surface area contributed by atoms with Gasteiger partial charge in [0.2, 0.25) is 0 Å². The Morgan fingerprint density at radius 1 is 0.762 bits per heavy atom. The van der Waals surface area contributed by atoms with Crippen molar-refractivity contribution in [2.24, 2.45) is 0 Å². The molecule has 1 N–H and O–H groups in total. The van der Waals surface area contributed by atoms with E-state index in [1.54, 1.807) is 0 Å². The van der Waals surface area contributed by atoms with Gasteiger partial charge in [0.05, 0.1) is 6.42 Å². The van der Waals surface area contributed by atoms with Crippen LogP contribution in [0.1, 0.15) is 6.42 Å². The van der Waals surface area contributed by atoms with Gasteiger partial charge in [0.25, 0.3) is 0 Å². The van der Waals surface area contributed by atoms with Crippen molar-refractivity contribution in [1.82, 2.24) is 4.90 Å². The standard InChI is InChI=1S/C8H5F10NO2/c9-4(10)5(11,12)7(15,16)19(2-1-3(20)21)8(17,18)6(4,13)14/h1-2H2,(H,20,21). The van der Waals surface area contributed by atoms with E-state index in [9.17, 15) is 48.7 Å². The smallest absolute Gasteiger partial charge is 0.393 e. The summed E-state index contributed by atoms with van der Waals surface area (Å²) in [5.74, 6) is -22.8. The van der Waals surface area contributed by atoms with Crippen molar-refractivity contribution >= 4 is 5.97 Å². The van der Waals surface area contributed by atoms with Crippen molar-refractivity contribution in [2.75, 3.05) is 6.54 Å². The average Bonchev–Trinajstić information content (AvgIpc) is 2.25. The zero-order valence-electron chi connectivity index (χ0n) is 9.50. The van der Waals surface area contributed by atoms with Gasteiger partial charge in [-0.3, -0.25) is 4.79 Å². The highest BCUT2D eigenvalue weighted by atomic mass is 19.4. The zero-order valence-corrected chi connectivity index (χ0v) is 9.50. The van der Waals surface area contributed by atoms with Gasteiger partial charge in [0, 0.05) is 6.54 Å². The summed E-state index contributed by atoms with van der Waals surface area (Å²) in [5, 5.41) is 8.11. The molecule has 1 aliphatic rings. The molecule has 3 nitrogen and oxygen atoms in total. The first-order valence-corrected chi connectivity index (χ1v) is 4.93. The topological polar surface area (TPSA) is 40.5 Å². The lowest BCUT2D eigenvalue weighted by molar-refractivity contribution is -0.505. The molecule has 0 bridgehead atoms. The van der Waals surface area contributed by atoms with Gasteiger partial charge in [-0.2, -0.15) is 48.8 Å². The molecular formula is C8H5F10NO2. The summed E-state index contributed by atoms with van der Waals surface area (Å²) >= 11 is 0. The highest BCUT2D eigenvalue weighted by molar-refractivity contribution is 5.66. The molecule has 0 radical (unpaired) electrons. The van der Waals surface area contributed by atoms with Crippen LogP contribution >= 0.6 is 0 Å². The Balaban J connectivity index is 3.46. The Kier molecular flexibility index (Phi) is 3.70. The molecule has 1 rings (SSSR count). The fraction of sp³-hybridized carbons (Fsp3) is 0.875. The number of rotatable bonds is 3. The summed E-state index contributed by atoms with van der Waals surface area (Å²) in [4.78, 5) is 7.86. The SMILES string of the molecule is O=C(O)CCN1C(F)(F)C(F)(F)C(F)(F)C(F)(F)C1(F)F. The number of hydrogen-bond acceptors (Lipinski definition) is 2. The van der Waals surface area contributed by atoms with E-state index in [2.05, 4.69) is 0 Å². The fourth-order valence-electron chi connectivity index (χ4n) is 1.58. The molecule has 124 valence electrons. The molecule has 0 unspecified atom stereocenters. The third-order valence-corrected chi connectivity index (χ3v) is 2.77. The molecule has 0 atom stereocenters. The predicted molar refractivity (Wildman–Crippen MR) is 43.7 cm³/mol. The Labute approximate surface area is 109 Å². The molecule has 1 aliphatic heterocycles. The first-order chi connectivity index (χ1) is 9.05. The minimum atomic E-state index is -7.05. The van der Waals surface area contributed by atoms with Gasteiger partial charge >= 0.3 is 35.8 Å². The molecule has 0 aliphatic carbocycles. The third kappa shape index (κ3) is 1.96. The maximum absolute atomic E-state index is 13.1. The van der Waals surface area contributed by atoms with Crippen LogP contribution < -0.4 is 0 Å². The maximum Gasteiger partial charge on any atom is 0.393 e. The molecule has 21 heavy (non-hydrogen) atoms. The van der Waals surface area contributed by atoms with Gasteiger partial charge in [0.1, 0.15) is 0 Å². The van der Waals surface area contributed by atoms with Gasteiger partial charge in [-0.25, -0.2) is 0 Å². The van der Waals surface area contributed by atoms with Crippen molar-refractivity contribution in [1.29, 1.82) is 0 Å². The van der Waals surface area contributed by atoms with Crippen LogP contribution in [0.2, 0.25) is 0 Å². The van der Waals surface area contributed by atoms with Crippen LogP contribution in [0.15, 0.2) is 0 Å². The second-order valence-corrected chi connectivity index (χ2v) is 4.10. The highest BCUT2D eigenvalue weighted by Crippen LogP contribution is 2.64. The summed E-state index contributed by atoms with van der Waals surface area (Å²) in [6.45, 7) is -2.20. The normalized spacial score (nSPS) is 29.0. The summed E-state index contributed by atoms with van der Waals surface area (Å²) in [6, 6.07) is -12.8. The van der Waals surface area contributed by atoms with Gasteiger partial charge in [-0.05, 0) is 0 Å². The van der Waals surface area contributed by atoms with E-state index in [1.165, 1.54) is 0 Å². The number of hydrogen-bond donors (Lipinski definition) is 1. The number of piperidine rings is 1. The lowest BCUT2D eigenvalue weighted by atomic mass is 9.93. The van der Waals surface area contributed by atoms with Crippen LogP contribution in [0, 0.1) is 0 Å². The van der Waals surface area contributed by atoms with Gasteiger partial charge in [-0.1, -0.05) is 0 Å². The lowest BCUT2D eigenvalue weighted by Crippen LogP contribution is -2.81. The number of carboxylic acids is 1. The highest BCUT2D eigenvalue weighted by Gasteiger charge is 2.94. The van der Waals surface area contributed by atoms with E-state index in [4.69, 9.17) is 5.11 Å². The van der Waals surface area contributed by atoms with Crippen molar-refractivity contribution in [2.45, 2.75) is 36.3 Å². The second kappa shape index (κ2) is 4.36. The molecular weight excluding hydrogens is 332 g/mol. The fourth-order valence-corrected chi connectivity index (χ4v) is 1.58. The lowest BCUT2D eigenvalue weighted by Gasteiger charge is -2.51. The summed E-state index contributed by atoms with van der Waals surface area (Å²) in [5.41, 5.74) is 0. The molecule has 0 aromatic heterocycles. The average molecular weight is 337 g/mol. The summed E-state index contributed by atoms with van der Waals surface area (Å²) in [7, 11) is 0. The van der Waals surface area contributed by atoms with E-state index in [0.717, 1.165) is 0 Å². The summed E-state index contributed by atoms with van der Waals surface area (Å²) < 4.78 is 129. The molecule has 0 aromatic rings. The van der Waals surface area contributed by atoms with Crippen LogP contribution in [0.4, 0.5) is 43.9 Å². The van der Waals surface area contributed by atoms with Crippen molar-refractivity contribution in [3.05, 3.63) is 0 Å².